The van der Waals surface area contributed by atoms with Gasteiger partial charge in [-0.2, -0.15) is 0 Å². The summed E-state index contributed by atoms with van der Waals surface area (Å²) in [5.74, 6) is 0. The molecule has 0 aliphatic heterocycles. The Morgan fingerprint density at radius 2 is 1.10 bits per heavy atom. The first-order valence-electron chi connectivity index (χ1n) is 7.26. The average Bonchev–Trinajstić information content (AvgIpc) is 2.58. The van der Waals surface area contributed by atoms with E-state index in [1.165, 1.54) is 38.5 Å². The van der Waals surface area contributed by atoms with Gasteiger partial charge in [-0.1, -0.05) is 105 Å². The molecule has 0 aromatic heterocycles. The van der Waals surface area contributed by atoms with E-state index < -0.39 is 4.87 Å². The Balaban J connectivity index is 2.29. The van der Waals surface area contributed by atoms with Gasteiger partial charge >= 0.3 is 0 Å². The predicted molar refractivity (Wildman–Crippen MR) is 93.3 cm³/mol. The molecule has 0 atom stereocenters. The van der Waals surface area contributed by atoms with E-state index in [9.17, 15) is 0 Å². The minimum Gasteiger partial charge on any atom is -0.107 e. The van der Waals surface area contributed by atoms with E-state index in [0.717, 1.165) is 12.8 Å². The zero-order valence-corrected chi connectivity index (χ0v) is 15.5. The molecule has 0 saturated carbocycles. The average molecular weight is 379 g/mol. The molecule has 0 fully saturated rings. The van der Waals surface area contributed by atoms with Crippen LogP contribution in [0.1, 0.15) is 64.7 Å². The Hall–Kier alpha value is 0.930. The van der Waals surface area contributed by atoms with E-state index in [1.54, 1.807) is 0 Å². The number of unbranched alkanes of at least 4 members (excludes halogenated alkanes) is 7. The maximum Gasteiger partial charge on any atom is 0.118 e. The summed E-state index contributed by atoms with van der Waals surface area (Å²) in [6, 6.07) is 0. The molecule has 1 rings (SSSR count). The van der Waals surface area contributed by atoms with Crippen LogP contribution in [0.25, 0.3) is 0 Å². The molecule has 0 bridgehead atoms. The highest BCUT2D eigenvalue weighted by molar-refractivity contribution is 6.58. The third-order valence-electron chi connectivity index (χ3n) is 3.65. The van der Waals surface area contributed by atoms with Crippen molar-refractivity contribution >= 4 is 58.0 Å². The molecule has 20 heavy (non-hydrogen) atoms. The Bertz CT molecular complexity index is 360. The summed E-state index contributed by atoms with van der Waals surface area (Å²) in [7, 11) is 0. The minimum absolute atomic E-state index is 0.285. The van der Waals surface area contributed by atoms with Crippen molar-refractivity contribution in [2.24, 2.45) is 0 Å². The molecule has 0 N–H and O–H groups in total. The summed E-state index contributed by atoms with van der Waals surface area (Å²) < 4.78 is 0. The monoisotopic (exact) mass is 376 g/mol. The second-order valence-electron chi connectivity index (χ2n) is 5.28. The van der Waals surface area contributed by atoms with Gasteiger partial charge in [-0.25, -0.2) is 0 Å². The van der Waals surface area contributed by atoms with Gasteiger partial charge in [0.25, 0.3) is 0 Å². The zero-order chi connectivity index (χ0) is 15.2. The van der Waals surface area contributed by atoms with Crippen LogP contribution in [0.15, 0.2) is 20.1 Å². The standard InChI is InChI=1S/C15H21Cl5/c1-2-3-4-5-6-7-8-9-10-15(20)13(18)11(16)12(17)14(15)19/h2-10H2,1H3. The number of hydrogen-bond donors (Lipinski definition) is 0. The lowest BCUT2D eigenvalue weighted by Gasteiger charge is -2.22. The maximum atomic E-state index is 6.49. The Morgan fingerprint density at radius 1 is 0.700 bits per heavy atom. The third kappa shape index (κ3) is 4.71. The molecular weight excluding hydrogens is 357 g/mol. The molecule has 1 aliphatic rings. The van der Waals surface area contributed by atoms with Crippen molar-refractivity contribution in [2.75, 3.05) is 0 Å². The molecule has 0 radical (unpaired) electrons. The lowest BCUT2D eigenvalue weighted by molar-refractivity contribution is 0.553. The van der Waals surface area contributed by atoms with E-state index in [2.05, 4.69) is 6.92 Å². The smallest absolute Gasteiger partial charge is 0.107 e. The normalized spacial score (nSPS) is 18.3. The first kappa shape index (κ1) is 19.0. The molecule has 0 spiro atoms. The van der Waals surface area contributed by atoms with Crippen LogP contribution in [0.5, 0.6) is 0 Å². The largest absolute Gasteiger partial charge is 0.118 e. The second-order valence-corrected chi connectivity index (χ2v) is 7.44. The first-order chi connectivity index (χ1) is 9.45. The van der Waals surface area contributed by atoms with Crippen molar-refractivity contribution in [3.05, 3.63) is 20.1 Å². The third-order valence-corrected chi connectivity index (χ3v) is 6.48. The number of hydrogen-bond acceptors (Lipinski definition) is 0. The number of rotatable bonds is 9. The van der Waals surface area contributed by atoms with E-state index in [0.29, 0.717) is 16.5 Å². The van der Waals surface area contributed by atoms with E-state index >= 15 is 0 Å². The number of halogens is 5. The van der Waals surface area contributed by atoms with Crippen molar-refractivity contribution in [1.29, 1.82) is 0 Å². The Morgan fingerprint density at radius 3 is 1.55 bits per heavy atom. The second kappa shape index (κ2) is 9.16. The van der Waals surface area contributed by atoms with Gasteiger partial charge < -0.3 is 0 Å². The number of allylic oxidation sites excluding steroid dienone is 4. The Kier molecular flexibility index (Phi) is 8.69. The van der Waals surface area contributed by atoms with Gasteiger partial charge in [-0.05, 0) is 6.42 Å². The van der Waals surface area contributed by atoms with Gasteiger partial charge in [-0.3, -0.25) is 0 Å². The SMILES string of the molecule is CCCCCCCCCCC1(Cl)C(Cl)=C(Cl)C(Cl)=C1Cl. The lowest BCUT2D eigenvalue weighted by Crippen LogP contribution is -2.20. The fourth-order valence-corrected chi connectivity index (χ4v) is 4.00. The summed E-state index contributed by atoms with van der Waals surface area (Å²) in [6.07, 6.45) is 10.6. The van der Waals surface area contributed by atoms with Gasteiger partial charge in [0.05, 0.1) is 20.1 Å². The lowest BCUT2D eigenvalue weighted by atomic mass is 10.00. The molecule has 5 heteroatoms. The van der Waals surface area contributed by atoms with Gasteiger partial charge in [0.2, 0.25) is 0 Å². The van der Waals surface area contributed by atoms with Crippen LogP contribution >= 0.6 is 58.0 Å². The molecule has 1 aliphatic carbocycles. The van der Waals surface area contributed by atoms with Crippen LogP contribution in [0.2, 0.25) is 0 Å². The first-order valence-corrected chi connectivity index (χ1v) is 9.15. The van der Waals surface area contributed by atoms with Crippen LogP contribution in [0.3, 0.4) is 0 Å². The molecular formula is C15H21Cl5. The summed E-state index contributed by atoms with van der Waals surface area (Å²) in [5, 5.41) is 1.29. The quantitative estimate of drug-likeness (QED) is 0.283. The fourth-order valence-electron chi connectivity index (χ4n) is 2.36. The van der Waals surface area contributed by atoms with E-state index in [-0.39, 0.29) is 10.1 Å². The zero-order valence-electron chi connectivity index (χ0n) is 11.8. The molecule has 0 aromatic rings. The highest BCUT2D eigenvalue weighted by atomic mass is 35.5. The van der Waals surface area contributed by atoms with Crippen LogP contribution in [-0.2, 0) is 0 Å². The molecule has 0 unspecified atom stereocenters. The number of alkyl halides is 1. The highest BCUT2D eigenvalue weighted by Gasteiger charge is 2.43. The van der Waals surface area contributed by atoms with Crippen molar-refractivity contribution in [3.8, 4) is 0 Å². The summed E-state index contributed by atoms with van der Waals surface area (Å²) in [6.45, 7) is 2.23. The molecule has 0 aromatic carbocycles. The van der Waals surface area contributed by atoms with E-state index in [4.69, 9.17) is 58.0 Å². The topological polar surface area (TPSA) is 0 Å². The molecule has 116 valence electrons. The highest BCUT2D eigenvalue weighted by Crippen LogP contribution is 2.53. The van der Waals surface area contributed by atoms with Crippen LogP contribution < -0.4 is 0 Å². The summed E-state index contributed by atoms with van der Waals surface area (Å²) in [5.41, 5.74) is 0. The van der Waals surface area contributed by atoms with E-state index in [1.807, 2.05) is 0 Å². The van der Waals surface area contributed by atoms with Crippen LogP contribution in [0, 0.1) is 0 Å². The summed E-state index contributed by atoms with van der Waals surface area (Å²) >= 11 is 30.8. The fraction of sp³-hybridized carbons (Fsp3) is 0.733. The van der Waals surface area contributed by atoms with Gasteiger partial charge in [0.1, 0.15) is 4.87 Å². The molecule has 0 saturated heterocycles. The Labute approximate surface area is 147 Å². The predicted octanol–water partition coefficient (Wildman–Crippen LogP) is 7.89. The van der Waals surface area contributed by atoms with Gasteiger partial charge in [0.15, 0.2) is 0 Å². The minimum atomic E-state index is -0.903. The van der Waals surface area contributed by atoms with Crippen molar-refractivity contribution in [1.82, 2.24) is 0 Å². The maximum absolute atomic E-state index is 6.49. The van der Waals surface area contributed by atoms with Gasteiger partial charge in [-0.15, -0.1) is 11.6 Å². The molecule has 0 nitrogen and oxygen atoms in total. The molecule has 0 amide bonds. The molecule has 0 heterocycles. The summed E-state index contributed by atoms with van der Waals surface area (Å²) in [4.78, 5) is -0.903. The van der Waals surface area contributed by atoms with Crippen LogP contribution in [-0.4, -0.2) is 4.87 Å². The van der Waals surface area contributed by atoms with Crippen molar-refractivity contribution in [2.45, 2.75) is 69.6 Å². The van der Waals surface area contributed by atoms with Crippen molar-refractivity contribution < 1.29 is 0 Å². The van der Waals surface area contributed by atoms with Crippen molar-refractivity contribution in [3.63, 3.8) is 0 Å². The van der Waals surface area contributed by atoms with Gasteiger partial charge in [0, 0.05) is 0 Å². The van der Waals surface area contributed by atoms with Crippen LogP contribution in [0.4, 0.5) is 0 Å².